The Balaban J connectivity index is 2.31. The predicted molar refractivity (Wildman–Crippen MR) is 72.8 cm³/mol. The van der Waals surface area contributed by atoms with E-state index in [0.717, 1.165) is 0 Å². The number of hydrogen-bond donors (Lipinski definition) is 2. The molecule has 1 aromatic carbocycles. The van der Waals surface area contributed by atoms with E-state index in [9.17, 15) is 13.2 Å². The van der Waals surface area contributed by atoms with Gasteiger partial charge in [-0.2, -0.15) is 0 Å². The summed E-state index contributed by atoms with van der Waals surface area (Å²) in [6.45, 7) is 0. The molecule has 1 heterocycles. The molecule has 0 bridgehead atoms. The topological polar surface area (TPSA) is 115 Å². The molecule has 0 radical (unpaired) electrons. The molecule has 0 atom stereocenters. The quantitative estimate of drug-likeness (QED) is 0.875. The van der Waals surface area contributed by atoms with Crippen LogP contribution in [0.25, 0.3) is 0 Å². The van der Waals surface area contributed by atoms with Gasteiger partial charge in [0.15, 0.2) is 11.0 Å². The smallest absolute Gasteiger partial charge is 0.263 e. The van der Waals surface area contributed by atoms with Crippen LogP contribution in [0.2, 0.25) is 5.15 Å². The largest absolute Gasteiger partial charge is 0.366 e. The molecule has 7 nitrogen and oxygen atoms in total. The number of carbonyl (C=O) groups is 1. The van der Waals surface area contributed by atoms with Gasteiger partial charge in [0, 0.05) is 18.0 Å². The van der Waals surface area contributed by atoms with Gasteiger partial charge in [-0.15, -0.1) is 0 Å². The third kappa shape index (κ3) is 3.03. The second kappa shape index (κ2) is 5.43. The molecule has 0 aliphatic rings. The average molecular weight is 313 g/mol. The van der Waals surface area contributed by atoms with Crippen LogP contribution in [-0.4, -0.2) is 24.3 Å². The van der Waals surface area contributed by atoms with Crippen molar-refractivity contribution in [3.8, 4) is 0 Å². The van der Waals surface area contributed by atoms with Gasteiger partial charge in [0.05, 0.1) is 4.90 Å². The van der Waals surface area contributed by atoms with Crippen molar-refractivity contribution in [2.45, 2.75) is 4.90 Å². The lowest BCUT2D eigenvalue weighted by molar-refractivity contribution is 0.1000. The Morgan fingerprint density at radius 3 is 2.30 bits per heavy atom. The third-order valence-electron chi connectivity index (χ3n) is 2.33. The number of rotatable bonds is 4. The number of nitrogens with zero attached hydrogens (tertiary/aromatic N) is 2. The zero-order valence-electron chi connectivity index (χ0n) is 9.95. The Hall–Kier alpha value is -2.19. The summed E-state index contributed by atoms with van der Waals surface area (Å²) in [5.74, 6) is -0.716. The predicted octanol–water partition coefficient (Wildman–Crippen LogP) is 1.03. The number of primary amides is 1. The number of sulfonamides is 1. The fourth-order valence-corrected chi connectivity index (χ4v) is 2.60. The van der Waals surface area contributed by atoms with E-state index in [1.807, 2.05) is 0 Å². The van der Waals surface area contributed by atoms with Crippen molar-refractivity contribution in [1.29, 1.82) is 0 Å². The highest BCUT2D eigenvalue weighted by molar-refractivity contribution is 7.92. The molecule has 1 amide bonds. The third-order valence-corrected chi connectivity index (χ3v) is 3.97. The first-order valence-electron chi connectivity index (χ1n) is 5.29. The van der Waals surface area contributed by atoms with E-state index >= 15 is 0 Å². The van der Waals surface area contributed by atoms with Crippen molar-refractivity contribution in [3.63, 3.8) is 0 Å². The minimum Gasteiger partial charge on any atom is -0.366 e. The molecule has 9 heteroatoms. The van der Waals surface area contributed by atoms with Gasteiger partial charge in [0.1, 0.15) is 0 Å². The maximum atomic E-state index is 12.1. The maximum absolute atomic E-state index is 12.1. The van der Waals surface area contributed by atoms with E-state index in [1.54, 1.807) is 0 Å². The first-order valence-corrected chi connectivity index (χ1v) is 7.15. The first kappa shape index (κ1) is 14.2. The Bertz CT molecular complexity index is 747. The van der Waals surface area contributed by atoms with E-state index in [0.29, 0.717) is 0 Å². The van der Waals surface area contributed by atoms with Crippen LogP contribution in [0.3, 0.4) is 0 Å². The molecular weight excluding hydrogens is 304 g/mol. The summed E-state index contributed by atoms with van der Waals surface area (Å²) < 4.78 is 26.4. The molecule has 0 fully saturated rings. The minimum atomic E-state index is -3.87. The second-order valence-electron chi connectivity index (χ2n) is 3.69. The number of carbonyl (C=O) groups excluding carboxylic acids is 1. The number of nitrogens with two attached hydrogens (primary N) is 1. The molecule has 2 aromatic rings. The van der Waals surface area contributed by atoms with Gasteiger partial charge in [-0.1, -0.05) is 11.6 Å². The standard InChI is InChI=1S/C11H9ClN4O3S/c12-9-11(15-6-5-14-9)16-20(18,19)8-3-1-7(2-4-8)10(13)17/h1-6H,(H2,13,17)(H,15,16). The van der Waals surface area contributed by atoms with Crippen molar-refractivity contribution in [3.05, 3.63) is 47.4 Å². The molecule has 1 aromatic heterocycles. The van der Waals surface area contributed by atoms with Crippen LogP contribution in [0.15, 0.2) is 41.6 Å². The maximum Gasteiger partial charge on any atom is 0.263 e. The normalized spacial score (nSPS) is 11.1. The monoisotopic (exact) mass is 312 g/mol. The molecule has 0 spiro atoms. The molecule has 104 valence electrons. The van der Waals surface area contributed by atoms with Gasteiger partial charge in [-0.05, 0) is 24.3 Å². The summed E-state index contributed by atoms with van der Waals surface area (Å²) in [4.78, 5) is 18.4. The van der Waals surface area contributed by atoms with Gasteiger partial charge in [0.25, 0.3) is 10.0 Å². The average Bonchev–Trinajstić information content (AvgIpc) is 2.41. The molecule has 0 aliphatic carbocycles. The number of amides is 1. The summed E-state index contributed by atoms with van der Waals surface area (Å²) in [5, 5.41) is -0.0650. The van der Waals surface area contributed by atoms with Gasteiger partial charge < -0.3 is 5.73 Å². The van der Waals surface area contributed by atoms with Gasteiger partial charge in [-0.25, -0.2) is 18.4 Å². The zero-order chi connectivity index (χ0) is 14.8. The van der Waals surface area contributed by atoms with Crippen LogP contribution in [-0.2, 0) is 10.0 Å². The summed E-state index contributed by atoms with van der Waals surface area (Å²) in [7, 11) is -3.87. The van der Waals surface area contributed by atoms with Gasteiger partial charge in [0.2, 0.25) is 5.91 Å². The van der Waals surface area contributed by atoms with E-state index in [-0.39, 0.29) is 21.4 Å². The highest BCUT2D eigenvalue weighted by Gasteiger charge is 2.17. The van der Waals surface area contributed by atoms with Crippen LogP contribution in [0.5, 0.6) is 0 Å². The van der Waals surface area contributed by atoms with Crippen LogP contribution in [0.4, 0.5) is 5.82 Å². The Kier molecular flexibility index (Phi) is 3.86. The molecule has 0 saturated carbocycles. The molecule has 0 saturated heterocycles. The number of nitrogens with one attached hydrogen (secondary N) is 1. The van der Waals surface area contributed by atoms with Gasteiger partial charge in [-0.3, -0.25) is 9.52 Å². The SMILES string of the molecule is NC(=O)c1ccc(S(=O)(=O)Nc2nccnc2Cl)cc1. The summed E-state index contributed by atoms with van der Waals surface area (Å²) in [6.07, 6.45) is 2.64. The Morgan fingerprint density at radius 2 is 1.75 bits per heavy atom. The fraction of sp³-hybridized carbons (Fsp3) is 0. The van der Waals surface area contributed by atoms with Crippen molar-refractivity contribution in [2.24, 2.45) is 5.73 Å². The summed E-state index contributed by atoms with van der Waals surface area (Å²) >= 11 is 5.72. The van der Waals surface area contributed by atoms with Gasteiger partial charge >= 0.3 is 0 Å². The first-order chi connectivity index (χ1) is 9.40. The lowest BCUT2D eigenvalue weighted by Crippen LogP contribution is -2.15. The number of halogens is 1. The fourth-order valence-electron chi connectivity index (χ4n) is 1.37. The van der Waals surface area contributed by atoms with Crippen molar-refractivity contribution in [1.82, 2.24) is 9.97 Å². The van der Waals surface area contributed by atoms with Crippen LogP contribution in [0, 0.1) is 0 Å². The van der Waals surface area contributed by atoms with Crippen molar-refractivity contribution in [2.75, 3.05) is 4.72 Å². The highest BCUT2D eigenvalue weighted by Crippen LogP contribution is 2.19. The Morgan fingerprint density at radius 1 is 1.15 bits per heavy atom. The Labute approximate surface area is 119 Å². The molecule has 3 N–H and O–H groups in total. The molecular formula is C11H9ClN4O3S. The minimum absolute atomic E-state index is 0.0516. The number of aromatic nitrogens is 2. The highest BCUT2D eigenvalue weighted by atomic mass is 35.5. The van der Waals surface area contributed by atoms with Crippen LogP contribution < -0.4 is 10.5 Å². The van der Waals surface area contributed by atoms with E-state index in [4.69, 9.17) is 17.3 Å². The molecule has 0 unspecified atom stereocenters. The molecule has 2 rings (SSSR count). The van der Waals surface area contributed by atoms with Crippen LogP contribution in [0.1, 0.15) is 10.4 Å². The molecule has 0 aliphatic heterocycles. The van der Waals surface area contributed by atoms with Crippen molar-refractivity contribution >= 4 is 33.3 Å². The second-order valence-corrected chi connectivity index (χ2v) is 5.73. The summed E-state index contributed by atoms with van der Waals surface area (Å²) in [6, 6.07) is 5.14. The number of anilines is 1. The molecule has 20 heavy (non-hydrogen) atoms. The number of benzene rings is 1. The zero-order valence-corrected chi connectivity index (χ0v) is 11.5. The lowest BCUT2D eigenvalue weighted by atomic mass is 10.2. The number of hydrogen-bond acceptors (Lipinski definition) is 5. The lowest BCUT2D eigenvalue weighted by Gasteiger charge is -2.08. The van der Waals surface area contributed by atoms with Crippen LogP contribution >= 0.6 is 11.6 Å². The summed E-state index contributed by atoms with van der Waals surface area (Å²) in [5.41, 5.74) is 5.29. The van der Waals surface area contributed by atoms with E-state index in [1.165, 1.54) is 36.7 Å². The van der Waals surface area contributed by atoms with E-state index < -0.39 is 15.9 Å². The van der Waals surface area contributed by atoms with E-state index in [2.05, 4.69) is 14.7 Å². The van der Waals surface area contributed by atoms with Crippen molar-refractivity contribution < 1.29 is 13.2 Å².